The second-order valence-corrected chi connectivity index (χ2v) is 21.3. The van der Waals surface area contributed by atoms with E-state index in [4.69, 9.17) is 14.2 Å². The van der Waals surface area contributed by atoms with Crippen molar-refractivity contribution in [2.45, 2.75) is 297 Å². The van der Waals surface area contributed by atoms with Crippen molar-refractivity contribution in [2.75, 3.05) is 13.2 Å². The molecule has 0 N–H and O–H groups in total. The number of rotatable bonds is 58. The maximum Gasteiger partial charge on any atom is 0.306 e. The third-order valence-corrected chi connectivity index (χ3v) is 13.6. The van der Waals surface area contributed by atoms with E-state index in [1.165, 1.54) is 109 Å². The van der Waals surface area contributed by atoms with Crippen molar-refractivity contribution in [3.63, 3.8) is 0 Å². The van der Waals surface area contributed by atoms with Crippen LogP contribution >= 0.6 is 0 Å². The summed E-state index contributed by atoms with van der Waals surface area (Å²) in [6.07, 6.45) is 93.1. The molecule has 0 aliphatic rings. The molecular weight excluding hydrogens is 973 g/mol. The zero-order valence-electron chi connectivity index (χ0n) is 51.3. The van der Waals surface area contributed by atoms with Crippen LogP contribution < -0.4 is 0 Å². The van der Waals surface area contributed by atoms with E-state index in [1.807, 2.05) is 0 Å². The summed E-state index contributed by atoms with van der Waals surface area (Å²) < 4.78 is 16.9. The van der Waals surface area contributed by atoms with Crippen molar-refractivity contribution in [1.29, 1.82) is 0 Å². The Morgan fingerprint density at radius 3 is 0.797 bits per heavy atom. The second-order valence-electron chi connectivity index (χ2n) is 21.3. The summed E-state index contributed by atoms with van der Waals surface area (Å²) in [4.78, 5) is 38.4. The maximum absolute atomic E-state index is 12.9. The first-order chi connectivity index (χ1) is 39.0. The lowest BCUT2D eigenvalue weighted by atomic mass is 10.0. The lowest BCUT2D eigenvalue weighted by Crippen LogP contribution is -2.30. The van der Waals surface area contributed by atoms with Crippen molar-refractivity contribution in [3.8, 4) is 0 Å². The van der Waals surface area contributed by atoms with Gasteiger partial charge in [0.1, 0.15) is 13.2 Å². The zero-order chi connectivity index (χ0) is 57.1. The molecular formula is C73H120O6. The SMILES string of the molecule is CC/C=C\C/C=C\C/C=C\C/C=C\C/C=C\CCCCCCCCCCCCCC(=O)OCC(COC(=O)CCCCCCC/C=C\CCCCCCCC)OC(=O)CCCCC/C=C\C/C=C\C/C=C\C/C=C\C/C=C\CC. The highest BCUT2D eigenvalue weighted by Crippen LogP contribution is 2.15. The van der Waals surface area contributed by atoms with E-state index in [-0.39, 0.29) is 37.5 Å². The Kier molecular flexibility index (Phi) is 62.3. The third-order valence-electron chi connectivity index (χ3n) is 13.6. The van der Waals surface area contributed by atoms with Crippen LogP contribution in [0.25, 0.3) is 0 Å². The summed E-state index contributed by atoms with van der Waals surface area (Å²) in [5.74, 6) is -0.938. The van der Waals surface area contributed by atoms with Crippen molar-refractivity contribution >= 4 is 17.9 Å². The molecule has 0 radical (unpaired) electrons. The number of esters is 3. The summed E-state index contributed by atoms with van der Waals surface area (Å²) in [5, 5.41) is 0. The number of unbranched alkanes of at least 4 members (excludes halogenated alkanes) is 25. The minimum absolute atomic E-state index is 0.0985. The number of allylic oxidation sites excluding steroid dienone is 22. The van der Waals surface area contributed by atoms with Gasteiger partial charge in [-0.1, -0.05) is 270 Å². The molecule has 0 aromatic heterocycles. The fourth-order valence-electron chi connectivity index (χ4n) is 8.79. The largest absolute Gasteiger partial charge is 0.462 e. The highest BCUT2D eigenvalue weighted by Gasteiger charge is 2.19. The van der Waals surface area contributed by atoms with Gasteiger partial charge in [-0.05, 0) is 135 Å². The van der Waals surface area contributed by atoms with Crippen LogP contribution in [-0.2, 0) is 28.6 Å². The van der Waals surface area contributed by atoms with Gasteiger partial charge in [0, 0.05) is 19.3 Å². The Balaban J connectivity index is 4.40. The first-order valence-corrected chi connectivity index (χ1v) is 32.7. The highest BCUT2D eigenvalue weighted by atomic mass is 16.6. The number of hydrogen-bond donors (Lipinski definition) is 0. The normalized spacial score (nSPS) is 13.0. The van der Waals surface area contributed by atoms with Crippen molar-refractivity contribution in [1.82, 2.24) is 0 Å². The van der Waals surface area contributed by atoms with Crippen molar-refractivity contribution in [2.24, 2.45) is 0 Å². The van der Waals surface area contributed by atoms with Gasteiger partial charge < -0.3 is 14.2 Å². The smallest absolute Gasteiger partial charge is 0.306 e. The maximum atomic E-state index is 12.9. The molecule has 0 aliphatic carbocycles. The quantitative estimate of drug-likeness (QED) is 0.0261. The molecule has 0 aliphatic heterocycles. The predicted molar refractivity (Wildman–Crippen MR) is 343 cm³/mol. The van der Waals surface area contributed by atoms with Gasteiger partial charge in [-0.3, -0.25) is 14.4 Å². The van der Waals surface area contributed by atoms with Gasteiger partial charge in [0.25, 0.3) is 0 Å². The Labute approximate surface area is 487 Å². The van der Waals surface area contributed by atoms with Crippen molar-refractivity contribution < 1.29 is 28.6 Å². The van der Waals surface area contributed by atoms with Gasteiger partial charge in [-0.2, -0.15) is 0 Å². The fraction of sp³-hybridized carbons (Fsp3) is 0.658. The van der Waals surface area contributed by atoms with Crippen LogP contribution in [0.15, 0.2) is 134 Å². The monoisotopic (exact) mass is 1090 g/mol. The van der Waals surface area contributed by atoms with Crippen LogP contribution in [0, 0.1) is 0 Å². The van der Waals surface area contributed by atoms with Gasteiger partial charge in [0.05, 0.1) is 0 Å². The molecule has 0 saturated carbocycles. The van der Waals surface area contributed by atoms with Crippen LogP contribution in [0.5, 0.6) is 0 Å². The summed E-state index contributed by atoms with van der Waals surface area (Å²) in [7, 11) is 0. The van der Waals surface area contributed by atoms with Gasteiger partial charge in [0.2, 0.25) is 0 Å². The van der Waals surface area contributed by atoms with Crippen LogP contribution in [0.1, 0.15) is 290 Å². The summed E-state index contributed by atoms with van der Waals surface area (Å²) in [6, 6.07) is 0. The van der Waals surface area contributed by atoms with Crippen LogP contribution in [-0.4, -0.2) is 37.2 Å². The second kappa shape index (κ2) is 66.1. The number of hydrogen-bond acceptors (Lipinski definition) is 6. The average molecular weight is 1090 g/mol. The molecule has 448 valence electrons. The van der Waals surface area contributed by atoms with E-state index < -0.39 is 6.10 Å². The molecule has 1 unspecified atom stereocenters. The molecule has 6 heteroatoms. The molecule has 0 saturated heterocycles. The lowest BCUT2D eigenvalue weighted by Gasteiger charge is -2.18. The van der Waals surface area contributed by atoms with E-state index in [9.17, 15) is 14.4 Å². The molecule has 0 aromatic rings. The van der Waals surface area contributed by atoms with E-state index in [1.54, 1.807) is 0 Å². The Bertz CT molecular complexity index is 1680. The standard InChI is InChI=1S/C73H120O6/c1-4-7-10-13-16-19-22-25-28-30-32-33-34-35-36-37-38-39-41-42-45-48-51-54-57-60-63-66-72(75)78-69-70(68-77-71(74)65-62-59-56-53-50-47-44-27-24-21-18-15-12-9-6-3)79-73(76)67-64-61-58-55-52-49-46-43-40-31-29-26-23-20-17-14-11-8-5-2/h7-8,10-11,16-17,19-20,25-29,32-33,35-36,40,43-44,49,52,70H,4-6,9,12-15,18,21-24,30-31,34,37-39,41-42,45-48,50-51,53-69H2,1-3H3/b10-7-,11-8-,19-16-,20-17-,28-25-,29-26-,33-32-,36-35-,43-40-,44-27-,52-49-. The minimum Gasteiger partial charge on any atom is -0.462 e. The molecule has 1 atom stereocenters. The van der Waals surface area contributed by atoms with E-state index in [0.29, 0.717) is 12.8 Å². The predicted octanol–water partition coefficient (Wildman–Crippen LogP) is 22.5. The van der Waals surface area contributed by atoms with Crippen LogP contribution in [0.4, 0.5) is 0 Å². The summed E-state index contributed by atoms with van der Waals surface area (Å²) in [6.45, 7) is 6.38. The molecule has 0 fully saturated rings. The summed E-state index contributed by atoms with van der Waals surface area (Å²) >= 11 is 0. The third kappa shape index (κ3) is 64.3. The summed E-state index contributed by atoms with van der Waals surface area (Å²) in [5.41, 5.74) is 0. The van der Waals surface area contributed by atoms with E-state index >= 15 is 0 Å². The van der Waals surface area contributed by atoms with Gasteiger partial charge in [0.15, 0.2) is 6.10 Å². The lowest BCUT2D eigenvalue weighted by molar-refractivity contribution is -0.167. The van der Waals surface area contributed by atoms with Crippen molar-refractivity contribution in [3.05, 3.63) is 134 Å². The first-order valence-electron chi connectivity index (χ1n) is 32.7. The Morgan fingerprint density at radius 1 is 0.266 bits per heavy atom. The van der Waals surface area contributed by atoms with Crippen LogP contribution in [0.3, 0.4) is 0 Å². The van der Waals surface area contributed by atoms with Gasteiger partial charge in [-0.15, -0.1) is 0 Å². The van der Waals surface area contributed by atoms with Gasteiger partial charge >= 0.3 is 17.9 Å². The Morgan fingerprint density at radius 2 is 0.494 bits per heavy atom. The molecule has 0 amide bonds. The molecule has 0 aromatic carbocycles. The average Bonchev–Trinajstić information content (AvgIpc) is 3.45. The molecule has 0 rings (SSSR count). The molecule has 0 bridgehead atoms. The zero-order valence-corrected chi connectivity index (χ0v) is 51.3. The van der Waals surface area contributed by atoms with E-state index in [0.717, 1.165) is 141 Å². The first kappa shape index (κ1) is 74.5. The van der Waals surface area contributed by atoms with E-state index in [2.05, 4.69) is 154 Å². The fourth-order valence-corrected chi connectivity index (χ4v) is 8.79. The topological polar surface area (TPSA) is 78.9 Å². The minimum atomic E-state index is -0.806. The van der Waals surface area contributed by atoms with Crippen LogP contribution in [0.2, 0.25) is 0 Å². The van der Waals surface area contributed by atoms with Gasteiger partial charge in [-0.25, -0.2) is 0 Å². The Hall–Kier alpha value is -4.45. The molecule has 0 heterocycles. The molecule has 6 nitrogen and oxygen atoms in total. The molecule has 79 heavy (non-hydrogen) atoms. The highest BCUT2D eigenvalue weighted by molar-refractivity contribution is 5.71. The number of carbonyl (C=O) groups is 3. The number of ether oxygens (including phenoxy) is 3. The molecule has 0 spiro atoms. The number of carbonyl (C=O) groups excluding carboxylic acids is 3.